The van der Waals surface area contributed by atoms with Gasteiger partial charge in [0.25, 0.3) is 0 Å². The molecule has 3 nitrogen and oxygen atoms in total. The van der Waals surface area contributed by atoms with E-state index in [4.69, 9.17) is 16.3 Å². The molecule has 0 aliphatic carbocycles. The molecule has 0 radical (unpaired) electrons. The quantitative estimate of drug-likeness (QED) is 0.802. The van der Waals surface area contributed by atoms with E-state index >= 15 is 0 Å². The Balaban J connectivity index is 2.13. The lowest BCUT2D eigenvalue weighted by atomic mass is 10.2. The largest absolute Gasteiger partial charge is 0.481 e. The van der Waals surface area contributed by atoms with Crippen LogP contribution < -0.4 is 4.74 Å². The number of halogens is 1. The molecule has 0 spiro atoms. The van der Waals surface area contributed by atoms with Crippen LogP contribution in [0.2, 0.25) is 0 Å². The van der Waals surface area contributed by atoms with Crippen molar-refractivity contribution < 1.29 is 4.74 Å². The average Bonchev–Trinajstić information content (AvgIpc) is 2.70. The smallest absolute Gasteiger partial charge is 0.216 e. The monoisotopic (exact) mass is 282 g/mol. The van der Waals surface area contributed by atoms with Gasteiger partial charge < -0.3 is 4.74 Å². The molecule has 2 rings (SSSR count). The minimum Gasteiger partial charge on any atom is -0.481 e. The van der Waals surface area contributed by atoms with Gasteiger partial charge in [0.1, 0.15) is 6.33 Å². The minimum absolute atomic E-state index is 0.0537. The van der Waals surface area contributed by atoms with Gasteiger partial charge in [-0.2, -0.15) is 0 Å². The minimum atomic E-state index is -0.0537. The van der Waals surface area contributed by atoms with E-state index in [0.717, 1.165) is 5.69 Å². The summed E-state index contributed by atoms with van der Waals surface area (Å²) in [6.07, 6.45) is 2.18. The summed E-state index contributed by atoms with van der Waals surface area (Å²) < 4.78 is 5.07. The number of ether oxygens (including phenoxy) is 1. The summed E-state index contributed by atoms with van der Waals surface area (Å²) in [4.78, 5) is 10.7. The molecule has 0 N–H and O–H groups in total. The molecule has 2 aromatic rings. The van der Waals surface area contributed by atoms with E-state index in [9.17, 15) is 0 Å². The second kappa shape index (κ2) is 5.67. The standard InChI is InChI=1S/C13H15ClN2OS/c1-8-4-12(18-9(8)2)11(14)5-10-6-13(17-3)16-7-15-10/h4,6-7,11H,5H2,1-3H3. The van der Waals surface area contributed by atoms with Gasteiger partial charge in [-0.3, -0.25) is 0 Å². The number of hydrogen-bond acceptors (Lipinski definition) is 4. The lowest BCUT2D eigenvalue weighted by molar-refractivity contribution is 0.396. The van der Waals surface area contributed by atoms with Crippen molar-refractivity contribution in [2.45, 2.75) is 25.6 Å². The number of aryl methyl sites for hydroxylation is 2. The first-order valence-corrected chi connectivity index (χ1v) is 6.91. The molecule has 2 aromatic heterocycles. The first kappa shape index (κ1) is 13.3. The van der Waals surface area contributed by atoms with Crippen LogP contribution in [0.25, 0.3) is 0 Å². The second-order valence-corrected chi connectivity index (χ2v) is 5.93. The predicted octanol–water partition coefficient (Wildman–Crippen LogP) is 3.69. The van der Waals surface area contributed by atoms with Crippen molar-refractivity contribution in [1.29, 1.82) is 0 Å². The zero-order valence-corrected chi connectivity index (χ0v) is 12.2. The fraction of sp³-hybridized carbons (Fsp3) is 0.385. The first-order chi connectivity index (χ1) is 8.60. The van der Waals surface area contributed by atoms with Crippen molar-refractivity contribution in [1.82, 2.24) is 9.97 Å². The molecule has 0 aromatic carbocycles. The summed E-state index contributed by atoms with van der Waals surface area (Å²) in [5, 5.41) is -0.0537. The van der Waals surface area contributed by atoms with E-state index in [1.165, 1.54) is 21.6 Å². The maximum absolute atomic E-state index is 6.43. The van der Waals surface area contributed by atoms with Crippen molar-refractivity contribution in [2.75, 3.05) is 7.11 Å². The first-order valence-electron chi connectivity index (χ1n) is 5.66. The van der Waals surface area contributed by atoms with Crippen LogP contribution in [0.1, 0.15) is 26.4 Å². The van der Waals surface area contributed by atoms with E-state index < -0.39 is 0 Å². The molecule has 18 heavy (non-hydrogen) atoms. The molecule has 1 unspecified atom stereocenters. The molecule has 0 fully saturated rings. The highest BCUT2D eigenvalue weighted by Gasteiger charge is 2.14. The van der Waals surface area contributed by atoms with Gasteiger partial charge in [-0.05, 0) is 25.5 Å². The summed E-state index contributed by atoms with van der Waals surface area (Å²) in [5.41, 5.74) is 2.19. The lowest BCUT2D eigenvalue weighted by Gasteiger charge is -2.07. The molecule has 0 saturated heterocycles. The number of thiophene rings is 1. The zero-order chi connectivity index (χ0) is 13.1. The Morgan fingerprint density at radius 3 is 2.72 bits per heavy atom. The van der Waals surface area contributed by atoms with Gasteiger partial charge in [-0.1, -0.05) is 0 Å². The summed E-state index contributed by atoms with van der Waals surface area (Å²) in [6, 6.07) is 3.97. The highest BCUT2D eigenvalue weighted by molar-refractivity contribution is 7.12. The molecule has 0 bridgehead atoms. The van der Waals surface area contributed by atoms with Gasteiger partial charge in [-0.15, -0.1) is 22.9 Å². The van der Waals surface area contributed by atoms with Crippen LogP contribution in [0.15, 0.2) is 18.5 Å². The van der Waals surface area contributed by atoms with Crippen LogP contribution in [0.5, 0.6) is 5.88 Å². The van der Waals surface area contributed by atoms with E-state index in [2.05, 4.69) is 29.9 Å². The lowest BCUT2D eigenvalue weighted by Crippen LogP contribution is -1.98. The number of rotatable bonds is 4. The summed E-state index contributed by atoms with van der Waals surface area (Å²) >= 11 is 8.18. The van der Waals surface area contributed by atoms with E-state index in [-0.39, 0.29) is 5.38 Å². The van der Waals surface area contributed by atoms with Crippen molar-refractivity contribution in [3.05, 3.63) is 39.5 Å². The van der Waals surface area contributed by atoms with Gasteiger partial charge in [0.05, 0.1) is 12.5 Å². The number of aromatic nitrogens is 2. The third-order valence-corrected chi connectivity index (χ3v) is 4.57. The van der Waals surface area contributed by atoms with Gasteiger partial charge in [-0.25, -0.2) is 9.97 Å². The number of methoxy groups -OCH3 is 1. The highest BCUT2D eigenvalue weighted by Crippen LogP contribution is 2.32. The van der Waals surface area contributed by atoms with E-state index in [1.807, 2.05) is 6.07 Å². The van der Waals surface area contributed by atoms with Gasteiger partial charge in [0.15, 0.2) is 0 Å². The average molecular weight is 283 g/mol. The summed E-state index contributed by atoms with van der Waals surface area (Å²) in [6.45, 7) is 4.22. The van der Waals surface area contributed by atoms with Gasteiger partial charge in [0, 0.05) is 27.9 Å². The Bertz CT molecular complexity index is 522. The second-order valence-electron chi connectivity index (χ2n) is 4.11. The molecule has 96 valence electrons. The van der Waals surface area contributed by atoms with Crippen LogP contribution in [0, 0.1) is 13.8 Å². The van der Waals surface area contributed by atoms with Crippen molar-refractivity contribution in [2.24, 2.45) is 0 Å². The maximum atomic E-state index is 6.43. The SMILES string of the molecule is COc1cc(CC(Cl)c2cc(C)c(C)s2)ncn1. The molecule has 0 aliphatic rings. The molecule has 0 aliphatic heterocycles. The van der Waals surface area contributed by atoms with Crippen molar-refractivity contribution in [3.63, 3.8) is 0 Å². The fourth-order valence-corrected chi connectivity index (χ4v) is 3.02. The highest BCUT2D eigenvalue weighted by atomic mass is 35.5. The molecule has 2 heterocycles. The predicted molar refractivity (Wildman–Crippen MR) is 74.7 cm³/mol. The Labute approximate surface area is 116 Å². The molecule has 0 amide bonds. The Morgan fingerprint density at radius 2 is 2.11 bits per heavy atom. The number of hydrogen-bond donors (Lipinski definition) is 0. The number of nitrogens with zero attached hydrogens (tertiary/aromatic N) is 2. The van der Waals surface area contributed by atoms with Gasteiger partial charge in [0.2, 0.25) is 5.88 Å². The zero-order valence-electron chi connectivity index (χ0n) is 10.6. The van der Waals surface area contributed by atoms with Crippen LogP contribution in [0.4, 0.5) is 0 Å². The van der Waals surface area contributed by atoms with Crippen molar-refractivity contribution >= 4 is 22.9 Å². The Morgan fingerprint density at radius 1 is 1.33 bits per heavy atom. The summed E-state index contributed by atoms with van der Waals surface area (Å²) in [7, 11) is 1.59. The van der Waals surface area contributed by atoms with Crippen LogP contribution in [0.3, 0.4) is 0 Å². The van der Waals surface area contributed by atoms with E-state index in [0.29, 0.717) is 12.3 Å². The van der Waals surface area contributed by atoms with Crippen LogP contribution >= 0.6 is 22.9 Å². The maximum Gasteiger partial charge on any atom is 0.216 e. The normalized spacial score (nSPS) is 12.4. The third-order valence-electron chi connectivity index (χ3n) is 2.79. The number of alkyl halides is 1. The molecule has 0 saturated carbocycles. The topological polar surface area (TPSA) is 35.0 Å². The van der Waals surface area contributed by atoms with Crippen molar-refractivity contribution in [3.8, 4) is 5.88 Å². The summed E-state index contributed by atoms with van der Waals surface area (Å²) in [5.74, 6) is 0.572. The Hall–Kier alpha value is -1.13. The van der Waals surface area contributed by atoms with Crippen LogP contribution in [-0.4, -0.2) is 17.1 Å². The Kier molecular flexibility index (Phi) is 4.19. The third kappa shape index (κ3) is 3.00. The molecular weight excluding hydrogens is 268 g/mol. The van der Waals surface area contributed by atoms with Crippen LogP contribution in [-0.2, 0) is 6.42 Å². The van der Waals surface area contributed by atoms with Gasteiger partial charge >= 0.3 is 0 Å². The molecule has 5 heteroatoms. The molecule has 1 atom stereocenters. The van der Waals surface area contributed by atoms with E-state index in [1.54, 1.807) is 18.4 Å². The molecular formula is C13H15ClN2OS. The fourth-order valence-electron chi connectivity index (χ4n) is 1.64.